The topological polar surface area (TPSA) is 76.5 Å². The highest BCUT2D eigenvalue weighted by Gasteiger charge is 2.40. The van der Waals surface area contributed by atoms with Crippen molar-refractivity contribution in [3.63, 3.8) is 0 Å². The van der Waals surface area contributed by atoms with Crippen LogP contribution in [0, 0.1) is 0 Å². The second kappa shape index (κ2) is 6.84. The number of nitrogens with one attached hydrogen (secondary N) is 1. The monoisotopic (exact) mass is 328 g/mol. The molecular formula is C17H20N4O3. The quantitative estimate of drug-likeness (QED) is 0.921. The average molecular weight is 328 g/mol. The zero-order chi connectivity index (χ0) is 17.1. The van der Waals surface area contributed by atoms with Crippen LogP contribution in [0.15, 0.2) is 42.6 Å². The lowest BCUT2D eigenvalue weighted by Gasteiger charge is -2.38. The van der Waals surface area contributed by atoms with Crippen LogP contribution in [0.4, 0.5) is 5.82 Å². The van der Waals surface area contributed by atoms with Gasteiger partial charge in [-0.2, -0.15) is 5.10 Å². The molecular weight excluding hydrogens is 308 g/mol. The second-order valence-electron chi connectivity index (χ2n) is 5.64. The van der Waals surface area contributed by atoms with Gasteiger partial charge in [-0.05, 0) is 12.5 Å². The maximum Gasteiger partial charge on any atom is 0.257 e. The van der Waals surface area contributed by atoms with Gasteiger partial charge in [-0.1, -0.05) is 30.3 Å². The average Bonchev–Trinajstić information content (AvgIpc) is 3.05. The van der Waals surface area contributed by atoms with Crippen molar-refractivity contribution in [2.45, 2.75) is 25.6 Å². The Hall–Kier alpha value is -2.67. The van der Waals surface area contributed by atoms with Gasteiger partial charge in [0.2, 0.25) is 5.91 Å². The summed E-state index contributed by atoms with van der Waals surface area (Å²) in [5.41, 5.74) is 0.854. The summed E-state index contributed by atoms with van der Waals surface area (Å²) in [4.78, 5) is 26.2. The Morgan fingerprint density at radius 2 is 2.08 bits per heavy atom. The molecule has 1 aliphatic rings. The van der Waals surface area contributed by atoms with Crippen molar-refractivity contribution in [1.82, 2.24) is 14.7 Å². The Kier molecular flexibility index (Phi) is 4.61. The van der Waals surface area contributed by atoms with Crippen LogP contribution in [0.2, 0.25) is 0 Å². The van der Waals surface area contributed by atoms with Crippen LogP contribution < -0.4 is 5.32 Å². The minimum absolute atomic E-state index is 0.110. The maximum atomic E-state index is 12.7. The molecule has 1 aromatic heterocycles. The number of likely N-dealkylation sites (N-methyl/N-ethyl adjacent to an activating group) is 1. The number of anilines is 1. The van der Waals surface area contributed by atoms with E-state index in [0.717, 1.165) is 12.1 Å². The summed E-state index contributed by atoms with van der Waals surface area (Å²) in [6.07, 6.45) is 1.00. The molecule has 24 heavy (non-hydrogen) atoms. The molecule has 0 bridgehead atoms. The second-order valence-corrected chi connectivity index (χ2v) is 5.64. The molecule has 1 saturated heterocycles. The number of aromatic nitrogens is 2. The molecule has 0 saturated carbocycles. The van der Waals surface area contributed by atoms with Gasteiger partial charge in [0, 0.05) is 25.9 Å². The highest BCUT2D eigenvalue weighted by atomic mass is 16.5. The molecule has 7 nitrogen and oxygen atoms in total. The number of morpholine rings is 1. The van der Waals surface area contributed by atoms with Crippen LogP contribution in [0.1, 0.15) is 18.5 Å². The van der Waals surface area contributed by atoms with E-state index in [1.54, 1.807) is 28.9 Å². The Labute approximate surface area is 140 Å². The molecule has 3 rings (SSSR count). The zero-order valence-electron chi connectivity index (χ0n) is 13.7. The van der Waals surface area contributed by atoms with Gasteiger partial charge < -0.3 is 15.0 Å². The maximum absolute atomic E-state index is 12.7. The third-order valence-electron chi connectivity index (χ3n) is 4.10. The first-order valence-corrected chi connectivity index (χ1v) is 7.86. The molecule has 2 atom stereocenters. The minimum atomic E-state index is -0.790. The number of ether oxygens (including phenoxy) is 1. The van der Waals surface area contributed by atoms with E-state index in [4.69, 9.17) is 4.74 Å². The molecule has 0 unspecified atom stereocenters. The van der Waals surface area contributed by atoms with Crippen LogP contribution >= 0.6 is 0 Å². The first kappa shape index (κ1) is 16.2. The van der Waals surface area contributed by atoms with E-state index in [0.29, 0.717) is 5.82 Å². The van der Waals surface area contributed by atoms with Gasteiger partial charge in [0.1, 0.15) is 6.61 Å². The number of nitrogens with zero attached hydrogens (tertiary/aromatic N) is 3. The molecule has 2 amide bonds. The number of hydrogen-bond acceptors (Lipinski definition) is 4. The summed E-state index contributed by atoms with van der Waals surface area (Å²) < 4.78 is 7.28. The third-order valence-corrected chi connectivity index (χ3v) is 4.10. The fourth-order valence-electron chi connectivity index (χ4n) is 2.78. The van der Waals surface area contributed by atoms with E-state index < -0.39 is 12.1 Å². The van der Waals surface area contributed by atoms with Gasteiger partial charge in [0.25, 0.3) is 5.91 Å². The smallest absolute Gasteiger partial charge is 0.257 e. The fraction of sp³-hybridized carbons (Fsp3) is 0.353. The molecule has 1 aromatic carbocycles. The highest BCUT2D eigenvalue weighted by Crippen LogP contribution is 2.29. The summed E-state index contributed by atoms with van der Waals surface area (Å²) >= 11 is 0. The van der Waals surface area contributed by atoms with Gasteiger partial charge in [-0.15, -0.1) is 0 Å². The first-order chi connectivity index (χ1) is 11.6. The SMILES string of the molecule is CCn1ccc(NC(=O)[C@@H]2OCC(=O)N(C)[C@H]2c2ccccc2)n1. The first-order valence-electron chi connectivity index (χ1n) is 7.86. The van der Waals surface area contributed by atoms with Crippen LogP contribution in [0.5, 0.6) is 0 Å². The van der Waals surface area contributed by atoms with Crippen LogP contribution in [0.3, 0.4) is 0 Å². The van der Waals surface area contributed by atoms with Crippen molar-refractivity contribution < 1.29 is 14.3 Å². The molecule has 1 aliphatic heterocycles. The highest BCUT2D eigenvalue weighted by molar-refractivity contribution is 5.95. The molecule has 0 radical (unpaired) electrons. The van der Waals surface area contributed by atoms with Gasteiger partial charge in [-0.25, -0.2) is 0 Å². The van der Waals surface area contributed by atoms with E-state index >= 15 is 0 Å². The number of benzene rings is 1. The van der Waals surface area contributed by atoms with Gasteiger partial charge in [-0.3, -0.25) is 14.3 Å². The minimum Gasteiger partial charge on any atom is -0.356 e. The van der Waals surface area contributed by atoms with Crippen molar-refractivity contribution in [2.24, 2.45) is 0 Å². The van der Waals surface area contributed by atoms with Crippen molar-refractivity contribution >= 4 is 17.6 Å². The van der Waals surface area contributed by atoms with Crippen molar-refractivity contribution in [3.05, 3.63) is 48.2 Å². The van der Waals surface area contributed by atoms with E-state index in [-0.39, 0.29) is 18.4 Å². The lowest BCUT2D eigenvalue weighted by atomic mass is 9.97. The number of amides is 2. The third kappa shape index (κ3) is 3.16. The zero-order valence-corrected chi connectivity index (χ0v) is 13.7. The van der Waals surface area contributed by atoms with Gasteiger partial charge in [0.05, 0.1) is 6.04 Å². The number of carbonyl (C=O) groups excluding carboxylic acids is 2. The lowest BCUT2D eigenvalue weighted by Crippen LogP contribution is -2.51. The molecule has 7 heteroatoms. The fourth-order valence-corrected chi connectivity index (χ4v) is 2.78. The predicted octanol–water partition coefficient (Wildman–Crippen LogP) is 1.44. The molecule has 2 heterocycles. The van der Waals surface area contributed by atoms with Gasteiger partial charge >= 0.3 is 0 Å². The summed E-state index contributed by atoms with van der Waals surface area (Å²) in [6, 6.07) is 10.7. The van der Waals surface area contributed by atoms with Crippen LogP contribution in [-0.4, -0.2) is 46.3 Å². The molecule has 2 aromatic rings. The number of aryl methyl sites for hydroxylation is 1. The van der Waals surface area contributed by atoms with E-state index in [9.17, 15) is 9.59 Å². The largest absolute Gasteiger partial charge is 0.356 e. The van der Waals surface area contributed by atoms with Gasteiger partial charge in [0.15, 0.2) is 11.9 Å². The lowest BCUT2D eigenvalue weighted by molar-refractivity contribution is -0.160. The molecule has 0 aliphatic carbocycles. The van der Waals surface area contributed by atoms with E-state index in [1.165, 1.54) is 0 Å². The molecule has 0 spiro atoms. The molecule has 126 valence electrons. The van der Waals surface area contributed by atoms with E-state index in [1.807, 2.05) is 37.3 Å². The summed E-state index contributed by atoms with van der Waals surface area (Å²) in [5.74, 6) is 0.00420. The Morgan fingerprint density at radius 3 is 2.75 bits per heavy atom. The van der Waals surface area contributed by atoms with E-state index in [2.05, 4.69) is 10.4 Å². The standard InChI is InChI=1S/C17H20N4O3/c1-3-21-10-9-13(19-21)18-17(23)16-15(12-7-5-4-6-8-12)20(2)14(22)11-24-16/h4-10,15-16H,3,11H2,1-2H3,(H,18,19,23)/t15-,16+/m0/s1. The summed E-state index contributed by atoms with van der Waals surface area (Å²) in [7, 11) is 1.69. The van der Waals surface area contributed by atoms with Crippen molar-refractivity contribution in [3.8, 4) is 0 Å². The van der Waals surface area contributed by atoms with Crippen LogP contribution in [0.25, 0.3) is 0 Å². The number of rotatable bonds is 4. The predicted molar refractivity (Wildman–Crippen MR) is 88.2 cm³/mol. The number of hydrogen-bond donors (Lipinski definition) is 1. The summed E-state index contributed by atoms with van der Waals surface area (Å²) in [5, 5.41) is 7.01. The Morgan fingerprint density at radius 1 is 1.33 bits per heavy atom. The molecule has 1 fully saturated rings. The summed E-state index contributed by atoms with van der Waals surface area (Å²) in [6.45, 7) is 2.58. The molecule has 1 N–H and O–H groups in total. The Bertz CT molecular complexity index is 728. The van der Waals surface area contributed by atoms with Crippen LogP contribution in [-0.2, 0) is 20.9 Å². The Balaban J connectivity index is 1.83. The number of carbonyl (C=O) groups is 2. The van der Waals surface area contributed by atoms with Crippen molar-refractivity contribution in [2.75, 3.05) is 19.0 Å². The normalized spacial score (nSPS) is 20.9. The van der Waals surface area contributed by atoms with Crippen molar-refractivity contribution in [1.29, 1.82) is 0 Å².